The van der Waals surface area contributed by atoms with Crippen LogP contribution in [0.1, 0.15) is 16.1 Å². The molecule has 0 unspecified atom stereocenters. The summed E-state index contributed by atoms with van der Waals surface area (Å²) >= 11 is 3.43. The fourth-order valence-electron chi connectivity index (χ4n) is 1.55. The smallest absolute Gasteiger partial charge is 0.273 e. The van der Waals surface area contributed by atoms with E-state index in [0.29, 0.717) is 11.2 Å². The summed E-state index contributed by atoms with van der Waals surface area (Å²) in [6.07, 6.45) is 0. The fourth-order valence-corrected chi connectivity index (χ4v) is 1.97. The Morgan fingerprint density at radius 3 is 2.76 bits per heavy atom. The van der Waals surface area contributed by atoms with E-state index in [1.54, 1.807) is 0 Å². The molecule has 5 nitrogen and oxygen atoms in total. The van der Waals surface area contributed by atoms with Crippen LogP contribution in [0.15, 0.2) is 16.6 Å². The molecule has 0 aliphatic heterocycles. The minimum atomic E-state index is -0.339. The molecule has 0 radical (unpaired) electrons. The second-order valence-electron chi connectivity index (χ2n) is 3.63. The monoisotopic (exact) mass is 294 g/mol. The van der Waals surface area contributed by atoms with Gasteiger partial charge in [0.25, 0.3) is 5.91 Å². The number of carbonyl (C=O) groups is 1. The van der Waals surface area contributed by atoms with Gasteiger partial charge in [-0.3, -0.25) is 4.79 Å². The molecule has 0 bridgehead atoms. The number of aryl methyl sites for hydroxylation is 1. The van der Waals surface area contributed by atoms with E-state index in [1.165, 1.54) is 7.05 Å². The van der Waals surface area contributed by atoms with Crippen molar-refractivity contribution in [2.45, 2.75) is 6.92 Å². The number of carbonyl (C=O) groups excluding carboxylic acids is 1. The number of nitrogens with zero attached hydrogens (tertiary/aromatic N) is 2. The number of anilines is 1. The normalized spacial score (nSPS) is 10.5. The number of benzene rings is 1. The topological polar surface area (TPSA) is 80.9 Å². The highest BCUT2D eigenvalue weighted by molar-refractivity contribution is 9.10. The molecular formula is C11H11BrN4O. The minimum Gasteiger partial charge on any atom is -0.396 e. The number of nitrogens with two attached hydrogens (primary N) is 1. The first-order valence-corrected chi connectivity index (χ1v) is 5.78. The van der Waals surface area contributed by atoms with Crippen molar-refractivity contribution < 1.29 is 4.79 Å². The van der Waals surface area contributed by atoms with Crippen molar-refractivity contribution >= 4 is 38.4 Å². The molecule has 17 heavy (non-hydrogen) atoms. The zero-order valence-electron chi connectivity index (χ0n) is 9.41. The zero-order valence-corrected chi connectivity index (χ0v) is 11.0. The Morgan fingerprint density at radius 1 is 1.41 bits per heavy atom. The molecule has 2 rings (SSSR count). The number of hydrogen-bond acceptors (Lipinski definition) is 4. The molecule has 0 fully saturated rings. The van der Waals surface area contributed by atoms with Crippen molar-refractivity contribution in [3.05, 3.63) is 27.9 Å². The SMILES string of the molecule is CNC(=O)c1nnc2c(Br)c(C)ccc2c1N. The Morgan fingerprint density at radius 2 is 2.12 bits per heavy atom. The zero-order chi connectivity index (χ0) is 12.6. The molecule has 1 aromatic carbocycles. The Bertz CT molecular complexity index is 612. The van der Waals surface area contributed by atoms with Crippen molar-refractivity contribution in [2.75, 3.05) is 12.8 Å². The molecule has 0 atom stereocenters. The number of aromatic nitrogens is 2. The number of amides is 1. The van der Waals surface area contributed by atoms with Gasteiger partial charge < -0.3 is 11.1 Å². The molecular weight excluding hydrogens is 284 g/mol. The maximum Gasteiger partial charge on any atom is 0.273 e. The lowest BCUT2D eigenvalue weighted by molar-refractivity contribution is 0.0958. The molecule has 3 N–H and O–H groups in total. The van der Waals surface area contributed by atoms with E-state index >= 15 is 0 Å². The van der Waals surface area contributed by atoms with Crippen LogP contribution in [0.5, 0.6) is 0 Å². The average Bonchev–Trinajstić information content (AvgIpc) is 2.33. The summed E-state index contributed by atoms with van der Waals surface area (Å²) in [4.78, 5) is 11.5. The van der Waals surface area contributed by atoms with Crippen LogP contribution in [0.3, 0.4) is 0 Å². The first kappa shape index (κ1) is 11.8. The highest BCUT2D eigenvalue weighted by Gasteiger charge is 2.15. The lowest BCUT2D eigenvalue weighted by atomic mass is 10.1. The molecule has 0 saturated heterocycles. The molecule has 1 aromatic heterocycles. The quantitative estimate of drug-likeness (QED) is 0.838. The van der Waals surface area contributed by atoms with E-state index in [9.17, 15) is 4.79 Å². The molecule has 88 valence electrons. The van der Waals surface area contributed by atoms with Crippen molar-refractivity contribution in [1.29, 1.82) is 0 Å². The maximum absolute atomic E-state index is 11.5. The Kier molecular flexibility index (Phi) is 2.97. The van der Waals surface area contributed by atoms with Crippen LogP contribution in [-0.2, 0) is 0 Å². The van der Waals surface area contributed by atoms with Crippen molar-refractivity contribution in [1.82, 2.24) is 15.5 Å². The summed E-state index contributed by atoms with van der Waals surface area (Å²) in [7, 11) is 1.53. The van der Waals surface area contributed by atoms with Gasteiger partial charge in [-0.15, -0.1) is 10.2 Å². The van der Waals surface area contributed by atoms with E-state index in [-0.39, 0.29) is 11.6 Å². The van der Waals surface area contributed by atoms with E-state index in [1.807, 2.05) is 19.1 Å². The predicted molar refractivity (Wildman–Crippen MR) is 69.8 cm³/mol. The average molecular weight is 295 g/mol. The summed E-state index contributed by atoms with van der Waals surface area (Å²) in [6, 6.07) is 3.75. The summed E-state index contributed by atoms with van der Waals surface area (Å²) in [5.41, 5.74) is 8.12. The van der Waals surface area contributed by atoms with Crippen molar-refractivity contribution in [3.63, 3.8) is 0 Å². The molecule has 0 spiro atoms. The third-order valence-corrected chi connectivity index (χ3v) is 3.55. The third-order valence-electron chi connectivity index (χ3n) is 2.55. The summed E-state index contributed by atoms with van der Waals surface area (Å²) in [6.45, 7) is 1.95. The van der Waals surface area contributed by atoms with Gasteiger partial charge in [-0.25, -0.2) is 0 Å². The highest BCUT2D eigenvalue weighted by Crippen LogP contribution is 2.29. The van der Waals surface area contributed by atoms with Crippen LogP contribution < -0.4 is 11.1 Å². The Hall–Kier alpha value is -1.69. The molecule has 0 aliphatic carbocycles. The second-order valence-corrected chi connectivity index (χ2v) is 4.43. The molecule has 0 aliphatic rings. The van der Waals surface area contributed by atoms with Crippen LogP contribution in [0.25, 0.3) is 10.9 Å². The number of hydrogen-bond donors (Lipinski definition) is 2. The summed E-state index contributed by atoms with van der Waals surface area (Å²) in [5, 5.41) is 11.1. The van der Waals surface area contributed by atoms with Gasteiger partial charge in [0.2, 0.25) is 0 Å². The number of fused-ring (bicyclic) bond motifs is 1. The fraction of sp³-hybridized carbons (Fsp3) is 0.182. The molecule has 2 aromatic rings. The third kappa shape index (κ3) is 1.84. The van der Waals surface area contributed by atoms with Crippen LogP contribution in [0.4, 0.5) is 5.69 Å². The lowest BCUT2D eigenvalue weighted by Crippen LogP contribution is -2.21. The van der Waals surface area contributed by atoms with E-state index in [4.69, 9.17) is 5.73 Å². The molecule has 6 heteroatoms. The van der Waals surface area contributed by atoms with E-state index in [0.717, 1.165) is 15.4 Å². The van der Waals surface area contributed by atoms with Crippen LogP contribution in [0.2, 0.25) is 0 Å². The van der Waals surface area contributed by atoms with Gasteiger partial charge in [0.05, 0.1) is 5.69 Å². The molecule has 1 heterocycles. The van der Waals surface area contributed by atoms with Gasteiger partial charge in [-0.1, -0.05) is 12.1 Å². The summed E-state index contributed by atoms with van der Waals surface area (Å²) < 4.78 is 0.845. The first-order valence-electron chi connectivity index (χ1n) is 4.99. The van der Waals surface area contributed by atoms with Crippen LogP contribution >= 0.6 is 15.9 Å². The Labute approximate surface area is 107 Å². The van der Waals surface area contributed by atoms with Gasteiger partial charge in [0, 0.05) is 16.9 Å². The van der Waals surface area contributed by atoms with E-state index < -0.39 is 0 Å². The van der Waals surface area contributed by atoms with Gasteiger partial charge in [-0.2, -0.15) is 0 Å². The molecule has 1 amide bonds. The van der Waals surface area contributed by atoms with E-state index in [2.05, 4.69) is 31.4 Å². The molecule has 0 saturated carbocycles. The van der Waals surface area contributed by atoms with Crippen LogP contribution in [-0.4, -0.2) is 23.2 Å². The lowest BCUT2D eigenvalue weighted by Gasteiger charge is -2.08. The number of rotatable bonds is 1. The number of nitrogens with one attached hydrogen (secondary N) is 1. The Balaban J connectivity index is 2.77. The maximum atomic E-state index is 11.5. The first-order chi connectivity index (χ1) is 8.06. The van der Waals surface area contributed by atoms with Gasteiger partial charge >= 0.3 is 0 Å². The van der Waals surface area contributed by atoms with Gasteiger partial charge in [-0.05, 0) is 28.4 Å². The van der Waals surface area contributed by atoms with Gasteiger partial charge in [0.15, 0.2) is 5.69 Å². The summed E-state index contributed by atoms with van der Waals surface area (Å²) in [5.74, 6) is -0.339. The van der Waals surface area contributed by atoms with Crippen LogP contribution in [0, 0.1) is 6.92 Å². The van der Waals surface area contributed by atoms with Gasteiger partial charge in [0.1, 0.15) is 5.52 Å². The standard InChI is InChI=1S/C11H11BrN4O/c1-5-3-4-6-8(13)10(11(17)14-2)16-15-9(6)7(5)12/h3-4H,1-2H3,(H2,13,15)(H,14,17). The number of nitrogen functional groups attached to an aromatic ring is 1. The highest BCUT2D eigenvalue weighted by atomic mass is 79.9. The number of halogens is 1. The second kappa shape index (κ2) is 4.29. The minimum absolute atomic E-state index is 0.149. The predicted octanol–water partition coefficient (Wildman–Crippen LogP) is 1.64. The largest absolute Gasteiger partial charge is 0.396 e. The van der Waals surface area contributed by atoms with Crippen molar-refractivity contribution in [3.8, 4) is 0 Å². The van der Waals surface area contributed by atoms with Crippen molar-refractivity contribution in [2.24, 2.45) is 0 Å².